The van der Waals surface area contributed by atoms with Crippen LogP contribution in [0.3, 0.4) is 0 Å². The highest BCUT2D eigenvalue weighted by Crippen LogP contribution is 2.17. The van der Waals surface area contributed by atoms with Gasteiger partial charge in [0.15, 0.2) is 0 Å². The zero-order valence-electron chi connectivity index (χ0n) is 10.2. The number of anilines is 1. The van der Waals surface area contributed by atoms with Gasteiger partial charge in [-0.15, -0.1) is 0 Å². The van der Waals surface area contributed by atoms with E-state index in [0.29, 0.717) is 6.61 Å². The molecule has 1 rings (SSSR count). The minimum absolute atomic E-state index is 0.186. The first-order valence-electron chi connectivity index (χ1n) is 5.86. The first-order chi connectivity index (χ1) is 8.17. The molecular formula is C13H18BrNO2. The fourth-order valence-electron chi connectivity index (χ4n) is 1.56. The molecule has 0 saturated carbocycles. The molecule has 0 aliphatic heterocycles. The van der Waals surface area contributed by atoms with Crippen molar-refractivity contribution in [3.63, 3.8) is 0 Å². The molecule has 0 bridgehead atoms. The van der Waals surface area contributed by atoms with Crippen LogP contribution >= 0.6 is 15.9 Å². The number of carbonyl (C=O) groups is 1. The van der Waals surface area contributed by atoms with E-state index in [0.717, 1.165) is 23.0 Å². The summed E-state index contributed by atoms with van der Waals surface area (Å²) in [6, 6.07) is 7.49. The maximum atomic E-state index is 11.7. The summed E-state index contributed by atoms with van der Waals surface area (Å²) in [5.41, 5.74) is 0.922. The smallest absolute Gasteiger partial charge is 0.328 e. The lowest BCUT2D eigenvalue weighted by atomic mass is 10.1. The Morgan fingerprint density at radius 3 is 2.82 bits per heavy atom. The van der Waals surface area contributed by atoms with E-state index in [1.165, 1.54) is 0 Å². The molecule has 1 aromatic carbocycles. The number of esters is 1. The number of nitrogens with one attached hydrogen (secondary N) is 1. The molecule has 1 atom stereocenters. The first-order valence-corrected chi connectivity index (χ1v) is 6.65. The summed E-state index contributed by atoms with van der Waals surface area (Å²) in [5.74, 6) is -0.186. The second-order valence-corrected chi connectivity index (χ2v) is 4.66. The Bertz CT molecular complexity index is 368. The van der Waals surface area contributed by atoms with Gasteiger partial charge in [0.1, 0.15) is 6.04 Å². The van der Waals surface area contributed by atoms with Crippen molar-refractivity contribution in [2.45, 2.75) is 32.7 Å². The summed E-state index contributed by atoms with van der Waals surface area (Å²) in [5, 5.41) is 3.20. The van der Waals surface area contributed by atoms with Crippen molar-refractivity contribution in [3.05, 3.63) is 28.7 Å². The van der Waals surface area contributed by atoms with Crippen LogP contribution in [-0.2, 0) is 9.53 Å². The average Bonchev–Trinajstić information content (AvgIpc) is 2.29. The first kappa shape index (κ1) is 14.0. The molecule has 0 amide bonds. The predicted octanol–water partition coefficient (Wildman–Crippen LogP) is 3.59. The standard InChI is InChI=1S/C13H18BrNO2/c1-3-6-12(13(16)17-4-2)15-11-8-5-7-10(14)9-11/h5,7-9,12,15H,3-4,6H2,1-2H3. The lowest BCUT2D eigenvalue weighted by Crippen LogP contribution is -2.31. The normalized spacial score (nSPS) is 11.9. The molecule has 0 aliphatic rings. The highest BCUT2D eigenvalue weighted by molar-refractivity contribution is 9.10. The van der Waals surface area contributed by atoms with Crippen molar-refractivity contribution in [2.24, 2.45) is 0 Å². The number of hydrogen-bond acceptors (Lipinski definition) is 3. The van der Waals surface area contributed by atoms with Crippen LogP contribution in [-0.4, -0.2) is 18.6 Å². The van der Waals surface area contributed by atoms with E-state index in [1.807, 2.05) is 31.2 Å². The lowest BCUT2D eigenvalue weighted by Gasteiger charge is -2.17. The molecule has 0 saturated heterocycles. The average molecular weight is 300 g/mol. The SMILES string of the molecule is CCCC(Nc1cccc(Br)c1)C(=O)OCC. The van der Waals surface area contributed by atoms with Crippen LogP contribution < -0.4 is 5.32 Å². The summed E-state index contributed by atoms with van der Waals surface area (Å²) in [4.78, 5) is 11.7. The summed E-state index contributed by atoms with van der Waals surface area (Å²) < 4.78 is 6.03. The third-order valence-corrected chi connectivity index (χ3v) is 2.81. The number of hydrogen-bond donors (Lipinski definition) is 1. The van der Waals surface area contributed by atoms with Crippen molar-refractivity contribution in [1.29, 1.82) is 0 Å². The van der Waals surface area contributed by atoms with Gasteiger partial charge >= 0.3 is 5.97 Å². The molecule has 94 valence electrons. The number of benzene rings is 1. The van der Waals surface area contributed by atoms with Crippen molar-refractivity contribution >= 4 is 27.6 Å². The van der Waals surface area contributed by atoms with Crippen molar-refractivity contribution < 1.29 is 9.53 Å². The van der Waals surface area contributed by atoms with Gasteiger partial charge in [-0.2, -0.15) is 0 Å². The zero-order valence-corrected chi connectivity index (χ0v) is 11.8. The van der Waals surface area contributed by atoms with Gasteiger partial charge in [0.05, 0.1) is 6.61 Å². The van der Waals surface area contributed by atoms with Crippen LogP contribution in [0.4, 0.5) is 5.69 Å². The number of halogens is 1. The lowest BCUT2D eigenvalue weighted by molar-refractivity contribution is -0.144. The van der Waals surface area contributed by atoms with Crippen LogP contribution in [0.2, 0.25) is 0 Å². The Kier molecular flexibility index (Phi) is 6.05. The Hall–Kier alpha value is -1.03. The molecule has 1 unspecified atom stereocenters. The van der Waals surface area contributed by atoms with E-state index < -0.39 is 0 Å². The molecule has 1 N–H and O–H groups in total. The summed E-state index contributed by atoms with van der Waals surface area (Å²) in [6.07, 6.45) is 1.70. The zero-order chi connectivity index (χ0) is 12.7. The third kappa shape index (κ3) is 4.77. The van der Waals surface area contributed by atoms with Crippen LogP contribution in [0, 0.1) is 0 Å². The van der Waals surface area contributed by atoms with E-state index in [4.69, 9.17) is 4.74 Å². The van der Waals surface area contributed by atoms with Gasteiger partial charge in [0.2, 0.25) is 0 Å². The van der Waals surface area contributed by atoms with E-state index in [2.05, 4.69) is 28.2 Å². The van der Waals surface area contributed by atoms with Crippen LogP contribution in [0.25, 0.3) is 0 Å². The van der Waals surface area contributed by atoms with Gasteiger partial charge in [-0.1, -0.05) is 35.3 Å². The van der Waals surface area contributed by atoms with Crippen LogP contribution in [0.15, 0.2) is 28.7 Å². The quantitative estimate of drug-likeness (QED) is 0.816. The molecule has 0 spiro atoms. The maximum absolute atomic E-state index is 11.7. The van der Waals surface area contributed by atoms with Crippen molar-refractivity contribution in [2.75, 3.05) is 11.9 Å². The molecule has 3 nitrogen and oxygen atoms in total. The number of ether oxygens (including phenoxy) is 1. The molecule has 0 aliphatic carbocycles. The highest BCUT2D eigenvalue weighted by atomic mass is 79.9. The van der Waals surface area contributed by atoms with Crippen molar-refractivity contribution in [3.8, 4) is 0 Å². The fraction of sp³-hybridized carbons (Fsp3) is 0.462. The second-order valence-electron chi connectivity index (χ2n) is 3.75. The minimum Gasteiger partial charge on any atom is -0.464 e. The minimum atomic E-state index is -0.269. The Balaban J connectivity index is 2.69. The summed E-state index contributed by atoms with van der Waals surface area (Å²) in [6.45, 7) is 4.29. The van der Waals surface area contributed by atoms with Gasteiger partial charge in [-0.05, 0) is 31.5 Å². The summed E-state index contributed by atoms with van der Waals surface area (Å²) in [7, 11) is 0. The monoisotopic (exact) mass is 299 g/mol. The molecule has 1 aromatic rings. The second kappa shape index (κ2) is 7.33. The molecule has 0 heterocycles. The molecule has 0 fully saturated rings. The fourth-order valence-corrected chi connectivity index (χ4v) is 1.96. The van der Waals surface area contributed by atoms with E-state index in [-0.39, 0.29) is 12.0 Å². The molecule has 0 aromatic heterocycles. The number of rotatable bonds is 6. The van der Waals surface area contributed by atoms with E-state index >= 15 is 0 Å². The van der Waals surface area contributed by atoms with Gasteiger partial charge in [-0.25, -0.2) is 4.79 Å². The van der Waals surface area contributed by atoms with E-state index in [1.54, 1.807) is 0 Å². The molecular weight excluding hydrogens is 282 g/mol. The largest absolute Gasteiger partial charge is 0.464 e. The molecule has 0 radical (unpaired) electrons. The van der Waals surface area contributed by atoms with Gasteiger partial charge in [-0.3, -0.25) is 0 Å². The molecule has 4 heteroatoms. The maximum Gasteiger partial charge on any atom is 0.328 e. The van der Waals surface area contributed by atoms with Gasteiger partial charge in [0.25, 0.3) is 0 Å². The van der Waals surface area contributed by atoms with Crippen molar-refractivity contribution in [1.82, 2.24) is 0 Å². The Morgan fingerprint density at radius 2 is 2.24 bits per heavy atom. The van der Waals surface area contributed by atoms with Crippen LogP contribution in [0.5, 0.6) is 0 Å². The van der Waals surface area contributed by atoms with E-state index in [9.17, 15) is 4.79 Å². The Labute approximate surface area is 111 Å². The van der Waals surface area contributed by atoms with Gasteiger partial charge in [0, 0.05) is 10.2 Å². The predicted molar refractivity (Wildman–Crippen MR) is 73.1 cm³/mol. The highest BCUT2D eigenvalue weighted by Gasteiger charge is 2.18. The van der Waals surface area contributed by atoms with Gasteiger partial charge < -0.3 is 10.1 Å². The Morgan fingerprint density at radius 1 is 1.47 bits per heavy atom. The topological polar surface area (TPSA) is 38.3 Å². The molecule has 17 heavy (non-hydrogen) atoms. The third-order valence-electron chi connectivity index (χ3n) is 2.31. The summed E-state index contributed by atoms with van der Waals surface area (Å²) >= 11 is 3.40. The van der Waals surface area contributed by atoms with Crippen LogP contribution in [0.1, 0.15) is 26.7 Å². The number of carbonyl (C=O) groups excluding carboxylic acids is 1.